The molecular formula is C23H30N4S. The number of hydrogen-bond acceptors (Lipinski definition) is 4. The van der Waals surface area contributed by atoms with Gasteiger partial charge in [0.1, 0.15) is 5.84 Å². The molecular weight excluding hydrogens is 364 g/mol. The second-order valence-electron chi connectivity index (χ2n) is 7.86. The first-order valence-electron chi connectivity index (χ1n) is 10.1. The highest BCUT2D eigenvalue weighted by atomic mass is 32.1. The number of piperazine rings is 1. The van der Waals surface area contributed by atoms with Gasteiger partial charge in [-0.05, 0) is 42.3 Å². The zero-order valence-electron chi connectivity index (χ0n) is 16.9. The van der Waals surface area contributed by atoms with Crippen molar-refractivity contribution in [3.8, 4) is 6.07 Å². The number of nitrogens with zero attached hydrogens (tertiary/aromatic N) is 3. The molecule has 0 spiro atoms. The van der Waals surface area contributed by atoms with E-state index in [-0.39, 0.29) is 5.92 Å². The molecule has 1 fully saturated rings. The van der Waals surface area contributed by atoms with Crippen LogP contribution in [-0.4, -0.2) is 48.4 Å². The molecule has 2 aromatic rings. The van der Waals surface area contributed by atoms with Crippen molar-refractivity contribution in [2.75, 3.05) is 32.7 Å². The van der Waals surface area contributed by atoms with Crippen LogP contribution in [0.15, 0.2) is 47.8 Å². The van der Waals surface area contributed by atoms with Gasteiger partial charge >= 0.3 is 0 Å². The Morgan fingerprint density at radius 2 is 1.86 bits per heavy atom. The zero-order valence-corrected chi connectivity index (χ0v) is 17.7. The number of hydrogen-bond donors (Lipinski definition) is 1. The highest BCUT2D eigenvalue weighted by Crippen LogP contribution is 2.36. The highest BCUT2D eigenvalue weighted by Gasteiger charge is 2.35. The molecule has 1 saturated heterocycles. The average molecular weight is 395 g/mol. The Morgan fingerprint density at radius 3 is 2.43 bits per heavy atom. The molecule has 1 unspecified atom stereocenters. The van der Waals surface area contributed by atoms with Gasteiger partial charge in [-0.1, -0.05) is 50.2 Å². The minimum absolute atomic E-state index is 0.281. The SMILES string of the molecule is CC(C)C(C#N)(CCCN1CCN(C(=N)c2cccs2)CC1)c1ccccc1. The predicted octanol–water partition coefficient (Wildman–Crippen LogP) is 4.59. The van der Waals surface area contributed by atoms with Crippen molar-refractivity contribution in [2.45, 2.75) is 32.1 Å². The third kappa shape index (κ3) is 4.45. The Kier molecular flexibility index (Phi) is 6.88. The molecule has 1 N–H and O–H groups in total. The number of nitriles is 1. The van der Waals surface area contributed by atoms with E-state index in [1.165, 1.54) is 0 Å². The average Bonchev–Trinajstić information content (AvgIpc) is 3.27. The van der Waals surface area contributed by atoms with E-state index < -0.39 is 5.41 Å². The smallest absolute Gasteiger partial charge is 0.138 e. The monoisotopic (exact) mass is 394 g/mol. The molecule has 0 aliphatic carbocycles. The van der Waals surface area contributed by atoms with Crippen LogP contribution in [0.5, 0.6) is 0 Å². The molecule has 4 nitrogen and oxygen atoms in total. The lowest BCUT2D eigenvalue weighted by molar-refractivity contribution is 0.174. The molecule has 3 rings (SSSR count). The van der Waals surface area contributed by atoms with Crippen LogP contribution >= 0.6 is 11.3 Å². The molecule has 1 aromatic carbocycles. The fourth-order valence-electron chi connectivity index (χ4n) is 4.10. The first kappa shape index (κ1) is 20.6. The first-order valence-corrected chi connectivity index (χ1v) is 11.0. The van der Waals surface area contributed by atoms with E-state index in [0.29, 0.717) is 5.84 Å². The Morgan fingerprint density at radius 1 is 1.14 bits per heavy atom. The minimum Gasteiger partial charge on any atom is -0.353 e. The van der Waals surface area contributed by atoms with Gasteiger partial charge in [-0.3, -0.25) is 10.3 Å². The van der Waals surface area contributed by atoms with Gasteiger partial charge in [0.25, 0.3) is 0 Å². The van der Waals surface area contributed by atoms with Crippen molar-refractivity contribution < 1.29 is 0 Å². The van der Waals surface area contributed by atoms with Gasteiger partial charge in [0, 0.05) is 26.2 Å². The molecule has 0 radical (unpaired) electrons. The summed E-state index contributed by atoms with van der Waals surface area (Å²) >= 11 is 1.63. The minimum atomic E-state index is -0.412. The summed E-state index contributed by atoms with van der Waals surface area (Å²) in [5, 5.41) is 20.4. The van der Waals surface area contributed by atoms with Crippen LogP contribution in [0.2, 0.25) is 0 Å². The fourth-order valence-corrected chi connectivity index (χ4v) is 4.80. The second-order valence-corrected chi connectivity index (χ2v) is 8.81. The molecule has 2 heterocycles. The quantitative estimate of drug-likeness (QED) is 0.552. The van der Waals surface area contributed by atoms with Crippen LogP contribution in [0.3, 0.4) is 0 Å². The lowest BCUT2D eigenvalue weighted by Crippen LogP contribution is -2.48. The van der Waals surface area contributed by atoms with Crippen LogP contribution in [0.25, 0.3) is 0 Å². The van der Waals surface area contributed by atoms with E-state index in [1.54, 1.807) is 11.3 Å². The summed E-state index contributed by atoms with van der Waals surface area (Å²) in [5.74, 6) is 0.935. The Bertz CT molecular complexity index is 786. The fraction of sp³-hybridized carbons (Fsp3) is 0.478. The molecule has 5 heteroatoms. The number of rotatable bonds is 7. The maximum Gasteiger partial charge on any atom is 0.138 e. The van der Waals surface area contributed by atoms with E-state index >= 15 is 0 Å². The van der Waals surface area contributed by atoms with Crippen molar-refractivity contribution >= 4 is 17.2 Å². The molecule has 1 aliphatic rings. The van der Waals surface area contributed by atoms with Crippen molar-refractivity contribution in [1.29, 1.82) is 10.7 Å². The van der Waals surface area contributed by atoms with E-state index in [9.17, 15) is 5.26 Å². The molecule has 1 aliphatic heterocycles. The van der Waals surface area contributed by atoms with E-state index in [2.05, 4.69) is 41.8 Å². The first-order chi connectivity index (χ1) is 13.6. The lowest BCUT2D eigenvalue weighted by atomic mass is 9.70. The molecule has 1 aromatic heterocycles. The second kappa shape index (κ2) is 9.36. The summed E-state index contributed by atoms with van der Waals surface area (Å²) in [6, 6.07) is 17.0. The topological polar surface area (TPSA) is 54.1 Å². The number of amidine groups is 1. The summed E-state index contributed by atoms with van der Waals surface area (Å²) in [5.41, 5.74) is 0.728. The number of thiophene rings is 1. The molecule has 0 saturated carbocycles. The lowest BCUT2D eigenvalue weighted by Gasteiger charge is -2.37. The summed E-state index contributed by atoms with van der Waals surface area (Å²) in [4.78, 5) is 5.71. The van der Waals surface area contributed by atoms with Crippen LogP contribution in [-0.2, 0) is 5.41 Å². The normalized spacial score (nSPS) is 17.3. The van der Waals surface area contributed by atoms with Gasteiger partial charge in [0.2, 0.25) is 0 Å². The van der Waals surface area contributed by atoms with Crippen LogP contribution < -0.4 is 0 Å². The van der Waals surface area contributed by atoms with Crippen LogP contribution in [0, 0.1) is 22.7 Å². The number of nitrogens with one attached hydrogen (secondary N) is 1. The third-order valence-electron chi connectivity index (χ3n) is 5.96. The van der Waals surface area contributed by atoms with E-state index in [0.717, 1.165) is 56.0 Å². The maximum absolute atomic E-state index is 10.0. The summed E-state index contributed by atoms with van der Waals surface area (Å²) < 4.78 is 0. The van der Waals surface area contributed by atoms with Gasteiger partial charge in [-0.15, -0.1) is 11.3 Å². The van der Waals surface area contributed by atoms with Crippen molar-refractivity contribution in [3.63, 3.8) is 0 Å². The Balaban J connectivity index is 1.52. The van der Waals surface area contributed by atoms with Gasteiger partial charge < -0.3 is 4.90 Å². The van der Waals surface area contributed by atoms with Gasteiger partial charge in [-0.2, -0.15) is 5.26 Å². The van der Waals surface area contributed by atoms with Crippen molar-refractivity contribution in [3.05, 3.63) is 58.3 Å². The molecule has 1 atom stereocenters. The summed E-state index contributed by atoms with van der Waals surface area (Å²) in [6.07, 6.45) is 1.90. The molecule has 28 heavy (non-hydrogen) atoms. The van der Waals surface area contributed by atoms with Crippen molar-refractivity contribution in [2.24, 2.45) is 5.92 Å². The standard InChI is InChI=1S/C23H30N4S/c1-19(2)23(18-24,20-8-4-3-5-9-20)11-7-12-26-13-15-27(16-14-26)22(25)21-10-6-17-28-21/h3-6,8-10,17,19,25H,7,11-16H2,1-2H3. The zero-order chi connectivity index (χ0) is 20.0. The van der Waals surface area contributed by atoms with E-state index in [1.807, 2.05) is 35.7 Å². The maximum atomic E-state index is 10.0. The van der Waals surface area contributed by atoms with E-state index in [4.69, 9.17) is 5.41 Å². The molecule has 0 bridgehead atoms. The van der Waals surface area contributed by atoms with Gasteiger partial charge in [-0.25, -0.2) is 0 Å². The summed E-state index contributed by atoms with van der Waals surface area (Å²) in [6.45, 7) is 9.12. The largest absolute Gasteiger partial charge is 0.353 e. The van der Waals surface area contributed by atoms with Crippen LogP contribution in [0.1, 0.15) is 37.1 Å². The third-order valence-corrected chi connectivity index (χ3v) is 6.84. The molecule has 148 valence electrons. The highest BCUT2D eigenvalue weighted by molar-refractivity contribution is 7.12. The molecule has 0 amide bonds. The van der Waals surface area contributed by atoms with Gasteiger partial charge in [0.15, 0.2) is 0 Å². The van der Waals surface area contributed by atoms with Gasteiger partial charge in [0.05, 0.1) is 16.4 Å². The van der Waals surface area contributed by atoms with Crippen LogP contribution in [0.4, 0.5) is 0 Å². The summed E-state index contributed by atoms with van der Waals surface area (Å²) in [7, 11) is 0. The predicted molar refractivity (Wildman–Crippen MR) is 117 cm³/mol. The Hall–Kier alpha value is -2.16. The number of benzene rings is 1. The Labute approximate surface area is 172 Å². The van der Waals surface area contributed by atoms with Crippen molar-refractivity contribution in [1.82, 2.24) is 9.80 Å².